The Morgan fingerprint density at radius 1 is 1.29 bits per heavy atom. The molecule has 0 radical (unpaired) electrons. The van der Waals surface area contributed by atoms with Crippen LogP contribution in [-0.4, -0.2) is 48.6 Å². The first kappa shape index (κ1) is 18.2. The van der Waals surface area contributed by atoms with Gasteiger partial charge >= 0.3 is 12.1 Å². The van der Waals surface area contributed by atoms with Crippen LogP contribution in [0.5, 0.6) is 0 Å². The van der Waals surface area contributed by atoms with Crippen molar-refractivity contribution in [1.29, 1.82) is 0 Å². The first-order valence-electron chi connectivity index (χ1n) is 7.61. The van der Waals surface area contributed by atoms with Crippen LogP contribution in [0.25, 0.3) is 0 Å². The first-order valence-corrected chi connectivity index (χ1v) is 7.61. The Bertz CT molecular complexity index is 573. The molecule has 2 rings (SSSR count). The Hall–Kier alpha value is -2.16. The molecule has 0 saturated carbocycles. The van der Waals surface area contributed by atoms with Crippen LogP contribution in [0.1, 0.15) is 18.9 Å². The summed E-state index contributed by atoms with van der Waals surface area (Å²) in [6.45, 7) is 1.76. The quantitative estimate of drug-likeness (QED) is 0.595. The lowest BCUT2D eigenvalue weighted by Crippen LogP contribution is -2.51. The van der Waals surface area contributed by atoms with Gasteiger partial charge in [0.25, 0.3) is 0 Å². The lowest BCUT2D eigenvalue weighted by Gasteiger charge is -2.24. The second kappa shape index (κ2) is 7.61. The molecular weight excluding hydrogens is 314 g/mol. The van der Waals surface area contributed by atoms with E-state index in [-0.39, 0.29) is 19.6 Å². The van der Waals surface area contributed by atoms with E-state index in [0.29, 0.717) is 0 Å². The summed E-state index contributed by atoms with van der Waals surface area (Å²) in [5.74, 6) is -1.89. The molecule has 1 aliphatic heterocycles. The van der Waals surface area contributed by atoms with Crippen molar-refractivity contribution < 1.29 is 23.8 Å². The summed E-state index contributed by atoms with van der Waals surface area (Å²) in [6, 6.07) is 8.47. The Balaban J connectivity index is 2.01. The van der Waals surface area contributed by atoms with E-state index < -0.39 is 30.1 Å². The maximum absolute atomic E-state index is 12.3. The first-order chi connectivity index (χ1) is 11.3. The summed E-state index contributed by atoms with van der Waals surface area (Å²) in [6.07, 6.45) is -0.841. The summed E-state index contributed by atoms with van der Waals surface area (Å²) in [5.41, 5.74) is 12.1. The number of carbonyl (C=O) groups is 2. The van der Waals surface area contributed by atoms with E-state index in [1.807, 2.05) is 30.3 Å². The molecule has 1 saturated heterocycles. The molecule has 4 N–H and O–H groups in total. The van der Waals surface area contributed by atoms with Crippen LogP contribution in [0.3, 0.4) is 0 Å². The van der Waals surface area contributed by atoms with Crippen molar-refractivity contribution >= 4 is 12.1 Å². The summed E-state index contributed by atoms with van der Waals surface area (Å²) < 4.78 is 15.5. The number of ether oxygens (including phenoxy) is 3. The number of hydrogen-bond donors (Lipinski definition) is 2. The third-order valence-corrected chi connectivity index (χ3v) is 3.60. The van der Waals surface area contributed by atoms with Gasteiger partial charge in [-0.3, -0.25) is 16.4 Å². The van der Waals surface area contributed by atoms with Crippen molar-refractivity contribution in [3.63, 3.8) is 0 Å². The van der Waals surface area contributed by atoms with Gasteiger partial charge in [-0.25, -0.2) is 9.59 Å². The third kappa shape index (κ3) is 4.92. The average Bonchev–Trinajstić information content (AvgIpc) is 2.94. The number of methoxy groups -OCH3 is 1. The van der Waals surface area contributed by atoms with Crippen LogP contribution in [0.2, 0.25) is 0 Å². The largest absolute Gasteiger partial charge is 0.467 e. The standard InChI is InChI=1S/C16H23N3O5/c1-16(17,18)24-12-8-13(14(20)22-2)19(9-12)15(21)23-10-11-6-4-3-5-7-11/h3-7,12-13H,8-10,17-18H2,1-2H3. The van der Waals surface area contributed by atoms with Crippen LogP contribution in [-0.2, 0) is 25.6 Å². The van der Waals surface area contributed by atoms with Crippen molar-refractivity contribution in [3.05, 3.63) is 35.9 Å². The van der Waals surface area contributed by atoms with Crippen LogP contribution in [0, 0.1) is 0 Å². The van der Waals surface area contributed by atoms with E-state index in [4.69, 9.17) is 25.7 Å². The van der Waals surface area contributed by atoms with Crippen molar-refractivity contribution in [2.24, 2.45) is 11.5 Å². The highest BCUT2D eigenvalue weighted by atomic mass is 16.6. The minimum absolute atomic E-state index is 0.112. The summed E-state index contributed by atoms with van der Waals surface area (Å²) in [4.78, 5) is 25.5. The fraction of sp³-hybridized carbons (Fsp3) is 0.500. The Morgan fingerprint density at radius 3 is 2.54 bits per heavy atom. The molecule has 1 fully saturated rings. The lowest BCUT2D eigenvalue weighted by atomic mass is 10.2. The monoisotopic (exact) mass is 337 g/mol. The molecule has 1 aromatic carbocycles. The smallest absolute Gasteiger partial charge is 0.410 e. The van der Waals surface area contributed by atoms with Gasteiger partial charge in [0, 0.05) is 6.42 Å². The highest BCUT2D eigenvalue weighted by molar-refractivity contribution is 5.82. The van der Waals surface area contributed by atoms with Crippen molar-refractivity contribution in [2.75, 3.05) is 13.7 Å². The third-order valence-electron chi connectivity index (χ3n) is 3.60. The summed E-state index contributed by atoms with van der Waals surface area (Å²) in [5, 5.41) is 0. The molecule has 24 heavy (non-hydrogen) atoms. The van der Waals surface area contributed by atoms with Crippen LogP contribution < -0.4 is 11.5 Å². The van der Waals surface area contributed by atoms with Gasteiger partial charge < -0.3 is 14.2 Å². The molecule has 132 valence electrons. The molecular formula is C16H23N3O5. The normalized spacial score (nSPS) is 20.8. The number of esters is 1. The second-order valence-electron chi connectivity index (χ2n) is 5.89. The number of amides is 1. The zero-order valence-corrected chi connectivity index (χ0v) is 13.8. The molecule has 2 unspecified atom stereocenters. The van der Waals surface area contributed by atoms with E-state index in [9.17, 15) is 9.59 Å². The minimum atomic E-state index is -1.35. The zero-order valence-electron chi connectivity index (χ0n) is 13.8. The van der Waals surface area contributed by atoms with Gasteiger partial charge in [-0.2, -0.15) is 0 Å². The molecule has 0 bridgehead atoms. The molecule has 1 amide bonds. The molecule has 2 atom stereocenters. The Labute approximate surface area is 140 Å². The fourth-order valence-electron chi connectivity index (χ4n) is 2.61. The predicted octanol–water partition coefficient (Wildman–Crippen LogP) is 0.547. The highest BCUT2D eigenvalue weighted by Crippen LogP contribution is 2.24. The van der Waals surface area contributed by atoms with Gasteiger partial charge in [-0.05, 0) is 12.5 Å². The van der Waals surface area contributed by atoms with E-state index in [0.717, 1.165) is 5.56 Å². The number of likely N-dealkylation sites (tertiary alicyclic amines) is 1. The van der Waals surface area contributed by atoms with Crippen molar-refractivity contribution in [2.45, 2.75) is 37.9 Å². The summed E-state index contributed by atoms with van der Waals surface area (Å²) in [7, 11) is 1.26. The van der Waals surface area contributed by atoms with E-state index in [2.05, 4.69) is 0 Å². The van der Waals surface area contributed by atoms with Crippen molar-refractivity contribution in [3.8, 4) is 0 Å². The van der Waals surface area contributed by atoms with Gasteiger partial charge in [0.1, 0.15) is 12.6 Å². The number of nitrogens with zero attached hydrogens (tertiary/aromatic N) is 1. The van der Waals surface area contributed by atoms with Gasteiger partial charge in [0.05, 0.1) is 19.8 Å². The molecule has 1 heterocycles. The molecule has 1 aliphatic rings. The van der Waals surface area contributed by atoms with Crippen molar-refractivity contribution in [1.82, 2.24) is 4.90 Å². The topological polar surface area (TPSA) is 117 Å². The molecule has 8 heteroatoms. The number of rotatable bonds is 5. The SMILES string of the molecule is COC(=O)C1CC(OC(C)(N)N)CN1C(=O)OCc1ccccc1. The molecule has 0 aliphatic carbocycles. The molecule has 1 aromatic rings. The highest BCUT2D eigenvalue weighted by Gasteiger charge is 2.43. The van der Waals surface area contributed by atoms with Gasteiger partial charge in [-0.1, -0.05) is 30.3 Å². The second-order valence-corrected chi connectivity index (χ2v) is 5.89. The Morgan fingerprint density at radius 2 is 1.96 bits per heavy atom. The minimum Gasteiger partial charge on any atom is -0.467 e. The zero-order chi connectivity index (χ0) is 17.7. The lowest BCUT2D eigenvalue weighted by molar-refractivity contribution is -0.145. The van der Waals surface area contributed by atoms with Gasteiger partial charge in [0.2, 0.25) is 0 Å². The maximum Gasteiger partial charge on any atom is 0.410 e. The Kier molecular flexibility index (Phi) is 5.76. The number of benzene rings is 1. The average molecular weight is 337 g/mol. The van der Waals surface area contributed by atoms with Crippen LogP contribution >= 0.6 is 0 Å². The van der Waals surface area contributed by atoms with Crippen LogP contribution in [0.4, 0.5) is 4.79 Å². The molecule has 0 spiro atoms. The van der Waals surface area contributed by atoms with E-state index in [1.165, 1.54) is 18.9 Å². The van der Waals surface area contributed by atoms with Gasteiger partial charge in [-0.15, -0.1) is 0 Å². The molecule has 0 aromatic heterocycles. The number of carbonyl (C=O) groups excluding carboxylic acids is 2. The molecule has 8 nitrogen and oxygen atoms in total. The fourth-order valence-corrected chi connectivity index (χ4v) is 2.61. The maximum atomic E-state index is 12.3. The van der Waals surface area contributed by atoms with Crippen LogP contribution in [0.15, 0.2) is 30.3 Å². The predicted molar refractivity (Wildman–Crippen MR) is 85.4 cm³/mol. The summed E-state index contributed by atoms with van der Waals surface area (Å²) >= 11 is 0. The van der Waals surface area contributed by atoms with Gasteiger partial charge in [0.15, 0.2) is 5.85 Å². The number of hydrogen-bond acceptors (Lipinski definition) is 7. The van der Waals surface area contributed by atoms with E-state index >= 15 is 0 Å². The van der Waals surface area contributed by atoms with E-state index in [1.54, 1.807) is 0 Å². The number of nitrogens with two attached hydrogens (primary N) is 2.